The zero-order valence-electron chi connectivity index (χ0n) is 10.2. The average molecular weight is 265 g/mol. The van der Waals surface area contributed by atoms with Gasteiger partial charge in [0, 0.05) is 25.4 Å². The quantitative estimate of drug-likeness (QED) is 0.631. The summed E-state index contributed by atoms with van der Waals surface area (Å²) in [4.78, 5) is 13.0. The minimum atomic E-state index is 0.876. The molecule has 0 aliphatic carbocycles. The first-order valence-corrected chi connectivity index (χ1v) is 7.27. The minimum Gasteiger partial charge on any atom is -0.287 e. The van der Waals surface area contributed by atoms with E-state index in [0.717, 1.165) is 27.9 Å². The second-order valence-corrected chi connectivity index (χ2v) is 6.19. The van der Waals surface area contributed by atoms with E-state index in [1.54, 1.807) is 23.1 Å². The van der Waals surface area contributed by atoms with Crippen molar-refractivity contribution in [3.05, 3.63) is 22.8 Å². The van der Waals surface area contributed by atoms with Crippen LogP contribution in [0.25, 0.3) is 10.3 Å². The number of fused-ring (bicyclic) bond motifs is 1. The molecule has 0 saturated carbocycles. The summed E-state index contributed by atoms with van der Waals surface area (Å²) < 4.78 is 1.19. The summed E-state index contributed by atoms with van der Waals surface area (Å²) in [6, 6.07) is 2.15. The molecule has 2 aromatic heterocycles. The number of nitrogens with zero attached hydrogens (tertiary/aromatic N) is 3. The zero-order valence-corrected chi connectivity index (χ0v) is 11.9. The highest BCUT2D eigenvalue weighted by Gasteiger charge is 2.05. The number of thioether (sulfide) groups is 1. The van der Waals surface area contributed by atoms with Crippen molar-refractivity contribution in [1.82, 2.24) is 9.97 Å². The Balaban J connectivity index is 2.04. The van der Waals surface area contributed by atoms with Gasteiger partial charge in [-0.1, -0.05) is 0 Å². The maximum atomic E-state index is 4.53. The molecule has 0 bridgehead atoms. The van der Waals surface area contributed by atoms with Crippen LogP contribution in [0.5, 0.6) is 0 Å². The predicted molar refractivity (Wildman–Crippen MR) is 77.3 cm³/mol. The first-order chi connectivity index (χ1) is 8.19. The number of hydrogen-bond donors (Lipinski definition) is 0. The molecule has 5 heteroatoms. The molecule has 0 aliphatic heterocycles. The Hall–Kier alpha value is -0.940. The van der Waals surface area contributed by atoms with Crippen molar-refractivity contribution < 1.29 is 0 Å². The average Bonchev–Trinajstić information content (AvgIpc) is 2.70. The fourth-order valence-electron chi connectivity index (χ4n) is 1.42. The van der Waals surface area contributed by atoms with Gasteiger partial charge in [0.05, 0.1) is 14.8 Å². The Labute approximate surface area is 109 Å². The van der Waals surface area contributed by atoms with Gasteiger partial charge in [-0.3, -0.25) is 4.99 Å². The van der Waals surface area contributed by atoms with Gasteiger partial charge in [-0.25, -0.2) is 9.97 Å². The second-order valence-electron chi connectivity index (χ2n) is 3.78. The fraction of sp³-hybridized carbons (Fsp3) is 0.417. The molecule has 17 heavy (non-hydrogen) atoms. The van der Waals surface area contributed by atoms with Crippen molar-refractivity contribution >= 4 is 38.5 Å². The van der Waals surface area contributed by atoms with Crippen LogP contribution in [0.2, 0.25) is 0 Å². The number of aryl methyl sites for hydroxylation is 2. The molecule has 0 atom stereocenters. The molecule has 2 heterocycles. The Morgan fingerprint density at radius 3 is 3.12 bits per heavy atom. The highest BCUT2D eigenvalue weighted by atomic mass is 32.2. The lowest BCUT2D eigenvalue weighted by atomic mass is 10.3. The Morgan fingerprint density at radius 2 is 2.35 bits per heavy atom. The number of hydrogen-bond acceptors (Lipinski definition) is 5. The van der Waals surface area contributed by atoms with E-state index >= 15 is 0 Å². The number of aromatic nitrogens is 2. The standard InChI is InChI=1S/C12H15N3S2/c1-8-6-10-12(14-7-8)15-11(17-10)4-5-16-9(2)13-3/h6-7H,4-5H2,1-3H3. The SMILES string of the molecule is CN=C(C)SCCc1nc2ncc(C)cc2s1. The van der Waals surface area contributed by atoms with Gasteiger partial charge in [0.25, 0.3) is 0 Å². The van der Waals surface area contributed by atoms with Gasteiger partial charge in [0.15, 0.2) is 5.65 Å². The van der Waals surface area contributed by atoms with E-state index < -0.39 is 0 Å². The third-order valence-corrected chi connectivity index (χ3v) is 4.43. The molecule has 2 rings (SSSR count). The van der Waals surface area contributed by atoms with Crippen LogP contribution in [0, 0.1) is 6.92 Å². The molecule has 0 N–H and O–H groups in total. The molecule has 3 nitrogen and oxygen atoms in total. The normalized spacial score (nSPS) is 12.3. The van der Waals surface area contributed by atoms with E-state index in [2.05, 4.69) is 28.0 Å². The summed E-state index contributed by atoms with van der Waals surface area (Å²) in [6.45, 7) is 4.09. The first kappa shape index (κ1) is 12.5. The molecule has 0 amide bonds. The minimum absolute atomic E-state index is 0.876. The number of pyridine rings is 1. The summed E-state index contributed by atoms with van der Waals surface area (Å²) >= 11 is 3.52. The van der Waals surface area contributed by atoms with Crippen molar-refractivity contribution in [2.45, 2.75) is 20.3 Å². The van der Waals surface area contributed by atoms with Gasteiger partial charge in [0.1, 0.15) is 0 Å². The predicted octanol–water partition coefficient (Wildman–Crippen LogP) is 3.32. The van der Waals surface area contributed by atoms with Crippen molar-refractivity contribution in [1.29, 1.82) is 0 Å². The van der Waals surface area contributed by atoms with Gasteiger partial charge in [-0.05, 0) is 25.5 Å². The van der Waals surface area contributed by atoms with Crippen molar-refractivity contribution in [2.24, 2.45) is 4.99 Å². The smallest absolute Gasteiger partial charge is 0.170 e. The molecular weight excluding hydrogens is 250 g/mol. The van der Waals surface area contributed by atoms with Crippen molar-refractivity contribution in [2.75, 3.05) is 12.8 Å². The van der Waals surface area contributed by atoms with Crippen LogP contribution in [0.4, 0.5) is 0 Å². The van der Waals surface area contributed by atoms with E-state index in [-0.39, 0.29) is 0 Å². The molecule has 2 aromatic rings. The van der Waals surface area contributed by atoms with Gasteiger partial charge < -0.3 is 0 Å². The Kier molecular flexibility index (Phi) is 4.12. The second kappa shape index (κ2) is 5.60. The number of rotatable bonds is 3. The largest absolute Gasteiger partial charge is 0.287 e. The summed E-state index contributed by atoms with van der Waals surface area (Å²) in [5.74, 6) is 1.03. The summed E-state index contributed by atoms with van der Waals surface area (Å²) in [7, 11) is 1.83. The van der Waals surface area contributed by atoms with Crippen LogP contribution < -0.4 is 0 Å². The zero-order chi connectivity index (χ0) is 12.3. The molecule has 0 saturated heterocycles. The highest BCUT2D eigenvalue weighted by molar-refractivity contribution is 8.13. The van der Waals surface area contributed by atoms with E-state index in [4.69, 9.17) is 0 Å². The van der Waals surface area contributed by atoms with E-state index in [1.807, 2.05) is 20.2 Å². The van der Waals surface area contributed by atoms with Crippen LogP contribution in [0.3, 0.4) is 0 Å². The van der Waals surface area contributed by atoms with Crippen LogP contribution in [0.1, 0.15) is 17.5 Å². The maximum absolute atomic E-state index is 4.53. The van der Waals surface area contributed by atoms with Gasteiger partial charge in [0.2, 0.25) is 0 Å². The van der Waals surface area contributed by atoms with Gasteiger partial charge in [-0.15, -0.1) is 23.1 Å². The molecular formula is C12H15N3S2. The summed E-state index contributed by atoms with van der Waals surface area (Å²) in [6.07, 6.45) is 2.85. The van der Waals surface area contributed by atoms with E-state index in [1.165, 1.54) is 10.3 Å². The van der Waals surface area contributed by atoms with Gasteiger partial charge in [-0.2, -0.15) is 0 Å². The summed E-state index contributed by atoms with van der Waals surface area (Å²) in [5.41, 5.74) is 2.07. The van der Waals surface area contributed by atoms with Crippen LogP contribution >= 0.6 is 23.1 Å². The lowest BCUT2D eigenvalue weighted by molar-refractivity contribution is 1.11. The molecule has 0 unspecified atom stereocenters. The topological polar surface area (TPSA) is 38.1 Å². The number of aliphatic imine (C=N–C) groups is 1. The monoisotopic (exact) mass is 265 g/mol. The molecule has 0 radical (unpaired) electrons. The first-order valence-electron chi connectivity index (χ1n) is 5.47. The number of thiazole rings is 1. The van der Waals surface area contributed by atoms with Crippen molar-refractivity contribution in [3.8, 4) is 0 Å². The van der Waals surface area contributed by atoms with Gasteiger partial charge >= 0.3 is 0 Å². The Bertz CT molecular complexity index is 546. The van der Waals surface area contributed by atoms with E-state index in [0.29, 0.717) is 0 Å². The Morgan fingerprint density at radius 1 is 1.53 bits per heavy atom. The van der Waals surface area contributed by atoms with Crippen LogP contribution in [-0.2, 0) is 6.42 Å². The summed E-state index contributed by atoms with van der Waals surface area (Å²) in [5, 5.41) is 2.29. The molecule has 0 aliphatic rings. The highest BCUT2D eigenvalue weighted by Crippen LogP contribution is 2.22. The van der Waals surface area contributed by atoms with Crippen molar-refractivity contribution in [3.63, 3.8) is 0 Å². The third-order valence-electron chi connectivity index (χ3n) is 2.37. The lowest BCUT2D eigenvalue weighted by Gasteiger charge is -1.96. The lowest BCUT2D eigenvalue weighted by Crippen LogP contribution is -1.91. The van der Waals surface area contributed by atoms with Crippen LogP contribution in [-0.4, -0.2) is 27.8 Å². The molecule has 0 spiro atoms. The fourth-order valence-corrected chi connectivity index (χ4v) is 3.29. The maximum Gasteiger partial charge on any atom is 0.170 e. The molecule has 0 aromatic carbocycles. The third kappa shape index (κ3) is 3.26. The molecule has 0 fully saturated rings. The molecule has 90 valence electrons. The van der Waals surface area contributed by atoms with Crippen LogP contribution in [0.15, 0.2) is 17.3 Å². The van der Waals surface area contributed by atoms with E-state index in [9.17, 15) is 0 Å².